The molecule has 0 saturated heterocycles. The molecule has 0 bridgehead atoms. The van der Waals surface area contributed by atoms with Crippen LogP contribution < -0.4 is 0 Å². The molecule has 1 rings (SSSR count). The van der Waals surface area contributed by atoms with Crippen LogP contribution in [0.25, 0.3) is 0 Å². The van der Waals surface area contributed by atoms with Gasteiger partial charge in [0.25, 0.3) is 0 Å². The molecular weight excluding hydrogens is 203 g/mol. The molecule has 14 heavy (non-hydrogen) atoms. The maximum atomic E-state index is 12.8. The molecule has 0 aromatic heterocycles. The molecule has 78 valence electrons. The van der Waals surface area contributed by atoms with E-state index >= 15 is 0 Å². The SMILES string of the molecule is CCC(O)CCc1cc(F)ccc1Cl. The van der Waals surface area contributed by atoms with Crippen molar-refractivity contribution in [1.29, 1.82) is 0 Å². The number of hydrogen-bond acceptors (Lipinski definition) is 1. The first-order valence-corrected chi connectivity index (χ1v) is 5.13. The number of aliphatic hydroxyl groups excluding tert-OH is 1. The predicted octanol–water partition coefficient (Wildman–Crippen LogP) is 3.18. The highest BCUT2D eigenvalue weighted by Gasteiger charge is 2.05. The summed E-state index contributed by atoms with van der Waals surface area (Å²) in [5.74, 6) is -0.282. The minimum Gasteiger partial charge on any atom is -0.393 e. The summed E-state index contributed by atoms with van der Waals surface area (Å²) in [4.78, 5) is 0. The Labute approximate surface area is 88.5 Å². The van der Waals surface area contributed by atoms with Crippen molar-refractivity contribution in [2.45, 2.75) is 32.3 Å². The van der Waals surface area contributed by atoms with Crippen LogP contribution >= 0.6 is 11.6 Å². The van der Waals surface area contributed by atoms with Crippen molar-refractivity contribution >= 4 is 11.6 Å². The molecule has 0 aliphatic heterocycles. The lowest BCUT2D eigenvalue weighted by Crippen LogP contribution is -2.06. The van der Waals surface area contributed by atoms with Crippen molar-refractivity contribution in [2.75, 3.05) is 0 Å². The van der Waals surface area contributed by atoms with Crippen molar-refractivity contribution in [3.8, 4) is 0 Å². The van der Waals surface area contributed by atoms with Gasteiger partial charge in [0, 0.05) is 5.02 Å². The molecule has 0 fully saturated rings. The summed E-state index contributed by atoms with van der Waals surface area (Å²) in [5.41, 5.74) is 0.763. The number of rotatable bonds is 4. The number of halogens is 2. The second-order valence-corrected chi connectivity index (χ2v) is 3.74. The first-order valence-electron chi connectivity index (χ1n) is 4.75. The quantitative estimate of drug-likeness (QED) is 0.820. The van der Waals surface area contributed by atoms with Gasteiger partial charge in [0.15, 0.2) is 0 Å². The minimum atomic E-state index is -0.325. The van der Waals surface area contributed by atoms with Gasteiger partial charge in [-0.2, -0.15) is 0 Å². The highest BCUT2D eigenvalue weighted by molar-refractivity contribution is 6.31. The van der Waals surface area contributed by atoms with Gasteiger partial charge in [-0.05, 0) is 43.0 Å². The zero-order valence-electron chi connectivity index (χ0n) is 8.13. The van der Waals surface area contributed by atoms with Crippen LogP contribution in [0, 0.1) is 5.82 Å². The molecule has 1 aromatic rings. The smallest absolute Gasteiger partial charge is 0.123 e. The molecule has 0 amide bonds. The van der Waals surface area contributed by atoms with E-state index in [2.05, 4.69) is 0 Å². The summed E-state index contributed by atoms with van der Waals surface area (Å²) in [6.45, 7) is 1.91. The van der Waals surface area contributed by atoms with E-state index in [4.69, 9.17) is 11.6 Å². The average Bonchev–Trinajstić information content (AvgIpc) is 2.19. The van der Waals surface area contributed by atoms with Crippen molar-refractivity contribution in [1.82, 2.24) is 0 Å². The van der Waals surface area contributed by atoms with E-state index in [1.165, 1.54) is 12.1 Å². The molecule has 1 nitrogen and oxygen atoms in total. The lowest BCUT2D eigenvalue weighted by atomic mass is 10.1. The maximum absolute atomic E-state index is 12.8. The van der Waals surface area contributed by atoms with E-state index in [0.717, 1.165) is 5.56 Å². The predicted molar refractivity (Wildman–Crippen MR) is 56.0 cm³/mol. The molecular formula is C11H14ClFO. The summed E-state index contributed by atoms with van der Waals surface area (Å²) in [6, 6.07) is 4.30. The van der Waals surface area contributed by atoms with Gasteiger partial charge in [0.1, 0.15) is 5.82 Å². The van der Waals surface area contributed by atoms with Crippen LogP contribution in [0.5, 0.6) is 0 Å². The molecule has 0 saturated carbocycles. The van der Waals surface area contributed by atoms with E-state index in [1.54, 1.807) is 6.07 Å². The lowest BCUT2D eigenvalue weighted by Gasteiger charge is -2.08. The van der Waals surface area contributed by atoms with E-state index in [0.29, 0.717) is 24.3 Å². The monoisotopic (exact) mass is 216 g/mol. The Kier molecular flexibility index (Phi) is 4.36. The summed E-state index contributed by atoms with van der Waals surface area (Å²) in [5, 5.41) is 9.91. The Morgan fingerprint density at radius 3 is 2.86 bits per heavy atom. The van der Waals surface area contributed by atoms with Crippen LogP contribution in [-0.4, -0.2) is 11.2 Å². The first kappa shape index (κ1) is 11.5. The van der Waals surface area contributed by atoms with Crippen LogP contribution in [0.3, 0.4) is 0 Å². The molecule has 1 aromatic carbocycles. The fourth-order valence-corrected chi connectivity index (χ4v) is 1.47. The van der Waals surface area contributed by atoms with E-state index in [9.17, 15) is 9.50 Å². The van der Waals surface area contributed by atoms with Gasteiger partial charge in [-0.1, -0.05) is 18.5 Å². The standard InChI is InChI=1S/C11H14ClFO/c1-2-10(14)5-3-8-7-9(13)4-6-11(8)12/h4,6-7,10,14H,2-3,5H2,1H3. The fourth-order valence-electron chi connectivity index (χ4n) is 1.26. The van der Waals surface area contributed by atoms with Gasteiger partial charge in [-0.25, -0.2) is 4.39 Å². The molecule has 0 spiro atoms. The molecule has 1 unspecified atom stereocenters. The van der Waals surface area contributed by atoms with Crippen LogP contribution in [0.2, 0.25) is 5.02 Å². The number of aryl methyl sites for hydroxylation is 1. The topological polar surface area (TPSA) is 20.2 Å². The zero-order valence-corrected chi connectivity index (χ0v) is 8.89. The molecule has 3 heteroatoms. The fraction of sp³-hybridized carbons (Fsp3) is 0.455. The van der Waals surface area contributed by atoms with Gasteiger partial charge < -0.3 is 5.11 Å². The molecule has 0 radical (unpaired) electrons. The summed E-state index contributed by atoms with van der Waals surface area (Å²) >= 11 is 5.87. The Morgan fingerprint density at radius 2 is 2.21 bits per heavy atom. The zero-order chi connectivity index (χ0) is 10.6. The van der Waals surface area contributed by atoms with Crippen LogP contribution in [0.4, 0.5) is 4.39 Å². The van der Waals surface area contributed by atoms with Crippen molar-refractivity contribution < 1.29 is 9.50 Å². The van der Waals surface area contributed by atoms with E-state index in [-0.39, 0.29) is 11.9 Å². The van der Waals surface area contributed by atoms with Crippen LogP contribution in [-0.2, 0) is 6.42 Å². The third-order valence-electron chi connectivity index (χ3n) is 2.23. The molecule has 0 aliphatic rings. The Bertz CT molecular complexity index is 301. The normalized spacial score (nSPS) is 12.9. The largest absolute Gasteiger partial charge is 0.393 e. The van der Waals surface area contributed by atoms with Crippen molar-refractivity contribution in [3.63, 3.8) is 0 Å². The third-order valence-corrected chi connectivity index (χ3v) is 2.59. The van der Waals surface area contributed by atoms with Gasteiger partial charge >= 0.3 is 0 Å². The Morgan fingerprint density at radius 1 is 1.50 bits per heavy atom. The summed E-state index contributed by atoms with van der Waals surface area (Å²) in [6.07, 6.45) is 1.63. The minimum absolute atomic E-state index is 0.282. The Hall–Kier alpha value is -0.600. The number of aliphatic hydroxyl groups is 1. The second-order valence-electron chi connectivity index (χ2n) is 3.34. The van der Waals surface area contributed by atoms with E-state index < -0.39 is 0 Å². The maximum Gasteiger partial charge on any atom is 0.123 e. The van der Waals surface area contributed by atoms with Gasteiger partial charge in [0.2, 0.25) is 0 Å². The van der Waals surface area contributed by atoms with Gasteiger partial charge in [-0.15, -0.1) is 0 Å². The van der Waals surface area contributed by atoms with Gasteiger partial charge in [0.05, 0.1) is 6.10 Å². The highest BCUT2D eigenvalue weighted by Crippen LogP contribution is 2.19. The van der Waals surface area contributed by atoms with Crippen molar-refractivity contribution in [2.24, 2.45) is 0 Å². The second kappa shape index (κ2) is 5.32. The molecule has 1 atom stereocenters. The molecule has 0 heterocycles. The molecule has 1 N–H and O–H groups in total. The average molecular weight is 217 g/mol. The highest BCUT2D eigenvalue weighted by atomic mass is 35.5. The summed E-state index contributed by atoms with van der Waals surface area (Å²) < 4.78 is 12.8. The van der Waals surface area contributed by atoms with Crippen LogP contribution in [0.1, 0.15) is 25.3 Å². The molecule has 0 aliphatic carbocycles. The van der Waals surface area contributed by atoms with Crippen molar-refractivity contribution in [3.05, 3.63) is 34.6 Å². The Balaban J connectivity index is 2.62. The van der Waals surface area contributed by atoms with E-state index in [1.807, 2.05) is 6.92 Å². The number of hydrogen-bond donors (Lipinski definition) is 1. The lowest BCUT2D eigenvalue weighted by molar-refractivity contribution is 0.160. The van der Waals surface area contributed by atoms with Gasteiger partial charge in [-0.3, -0.25) is 0 Å². The summed E-state index contributed by atoms with van der Waals surface area (Å²) in [7, 11) is 0. The number of benzene rings is 1. The van der Waals surface area contributed by atoms with Crippen LogP contribution in [0.15, 0.2) is 18.2 Å². The first-order chi connectivity index (χ1) is 6.63. The third kappa shape index (κ3) is 3.28.